The number of ether oxygens (including phenoxy) is 1. The Labute approximate surface area is 210 Å². The van der Waals surface area contributed by atoms with Gasteiger partial charge in [0.15, 0.2) is 11.6 Å². The second-order valence-electron chi connectivity index (χ2n) is 9.11. The van der Waals surface area contributed by atoms with Gasteiger partial charge >= 0.3 is 0 Å². The van der Waals surface area contributed by atoms with E-state index in [2.05, 4.69) is 80.4 Å². The summed E-state index contributed by atoms with van der Waals surface area (Å²) in [5, 5.41) is 11.6. The predicted octanol–water partition coefficient (Wildman–Crippen LogP) is 3.98. The Balaban J connectivity index is 1.20. The number of amides is 1. The van der Waals surface area contributed by atoms with E-state index >= 15 is 0 Å². The number of rotatable bonds is 8. The number of carbonyl (C=O) groups excluding carboxylic acids is 1. The minimum absolute atomic E-state index is 0.261. The molecule has 0 spiro atoms. The molecule has 186 valence electrons. The topological polar surface area (TPSA) is 85.4 Å². The third-order valence-corrected chi connectivity index (χ3v) is 6.56. The van der Waals surface area contributed by atoms with Crippen LogP contribution in [0, 0.1) is 6.92 Å². The summed E-state index contributed by atoms with van der Waals surface area (Å²) in [5.74, 6) is 2.31. The Kier molecular flexibility index (Phi) is 7.25. The van der Waals surface area contributed by atoms with Crippen molar-refractivity contribution >= 4 is 5.91 Å². The van der Waals surface area contributed by atoms with E-state index in [1.165, 1.54) is 22.3 Å². The Morgan fingerprint density at radius 3 is 2.81 bits per heavy atom. The van der Waals surface area contributed by atoms with Crippen LogP contribution in [0.3, 0.4) is 0 Å². The number of fused-ring (bicyclic) bond motifs is 1. The van der Waals surface area contributed by atoms with Crippen molar-refractivity contribution in [1.82, 2.24) is 25.0 Å². The lowest BCUT2D eigenvalue weighted by Crippen LogP contribution is -2.28. The summed E-state index contributed by atoms with van der Waals surface area (Å²) in [5.41, 5.74) is 5.11. The van der Waals surface area contributed by atoms with Gasteiger partial charge in [-0.25, -0.2) is 0 Å². The molecule has 0 fully saturated rings. The molecule has 0 atom stereocenters. The molecule has 1 aliphatic rings. The average Bonchev–Trinajstić information content (AvgIpc) is 3.47. The largest absolute Gasteiger partial charge is 0.453 e. The van der Waals surface area contributed by atoms with E-state index < -0.39 is 0 Å². The fourth-order valence-electron chi connectivity index (χ4n) is 4.67. The van der Waals surface area contributed by atoms with Gasteiger partial charge in [0.1, 0.15) is 18.2 Å². The number of furan rings is 1. The van der Waals surface area contributed by atoms with Gasteiger partial charge in [-0.05, 0) is 47.4 Å². The van der Waals surface area contributed by atoms with Gasteiger partial charge in [-0.3, -0.25) is 9.69 Å². The highest BCUT2D eigenvalue weighted by molar-refractivity contribution is 5.91. The van der Waals surface area contributed by atoms with Crippen LogP contribution in [-0.2, 0) is 37.4 Å². The van der Waals surface area contributed by atoms with Crippen molar-refractivity contribution in [3.05, 3.63) is 95.0 Å². The lowest BCUT2D eigenvalue weighted by molar-refractivity contribution is 0.0913. The Morgan fingerprint density at radius 2 is 1.94 bits per heavy atom. The lowest BCUT2D eigenvalue weighted by Gasteiger charge is -2.20. The zero-order valence-corrected chi connectivity index (χ0v) is 20.7. The first kappa shape index (κ1) is 24.0. The van der Waals surface area contributed by atoms with E-state index in [4.69, 9.17) is 9.15 Å². The van der Waals surface area contributed by atoms with Gasteiger partial charge in [-0.1, -0.05) is 42.5 Å². The Hall–Kier alpha value is -3.75. The molecule has 1 amide bonds. The van der Waals surface area contributed by atoms with Gasteiger partial charge < -0.3 is 19.0 Å². The first-order valence-electron chi connectivity index (χ1n) is 12.2. The van der Waals surface area contributed by atoms with E-state index in [1.54, 1.807) is 19.2 Å². The molecular formula is C28H31N5O3. The zero-order valence-electron chi connectivity index (χ0n) is 20.7. The maximum atomic E-state index is 12.5. The van der Waals surface area contributed by atoms with Crippen LogP contribution in [-0.4, -0.2) is 45.8 Å². The number of methoxy groups -OCH3 is 1. The van der Waals surface area contributed by atoms with Crippen molar-refractivity contribution in [1.29, 1.82) is 0 Å². The third kappa shape index (κ3) is 5.40. The number of aryl methyl sites for hydroxylation is 1. The summed E-state index contributed by atoms with van der Waals surface area (Å²) in [7, 11) is 1.59. The molecule has 8 nitrogen and oxygen atoms in total. The third-order valence-electron chi connectivity index (χ3n) is 6.56. The number of nitrogens with one attached hydrogen (secondary N) is 1. The van der Waals surface area contributed by atoms with Crippen molar-refractivity contribution in [2.45, 2.75) is 39.6 Å². The molecule has 0 aliphatic carbocycles. The van der Waals surface area contributed by atoms with Crippen LogP contribution in [0.2, 0.25) is 0 Å². The lowest BCUT2D eigenvalue weighted by atomic mass is 9.99. The Bertz CT molecular complexity index is 1340. The van der Waals surface area contributed by atoms with Crippen molar-refractivity contribution < 1.29 is 13.9 Å². The van der Waals surface area contributed by atoms with Gasteiger partial charge in [0.05, 0.1) is 6.54 Å². The maximum absolute atomic E-state index is 12.5. The molecule has 0 radical (unpaired) electrons. The number of nitrogens with zero attached hydrogens (tertiary/aromatic N) is 4. The summed E-state index contributed by atoms with van der Waals surface area (Å²) < 4.78 is 12.7. The zero-order chi connectivity index (χ0) is 24.9. The van der Waals surface area contributed by atoms with Crippen molar-refractivity contribution in [3.8, 4) is 11.1 Å². The van der Waals surface area contributed by atoms with E-state index in [9.17, 15) is 4.79 Å². The smallest absolute Gasteiger partial charge is 0.287 e. The van der Waals surface area contributed by atoms with Crippen LogP contribution < -0.4 is 5.32 Å². The molecule has 8 heteroatoms. The minimum Gasteiger partial charge on any atom is -0.453 e. The van der Waals surface area contributed by atoms with Crippen molar-refractivity contribution in [2.24, 2.45) is 0 Å². The monoisotopic (exact) mass is 485 g/mol. The molecule has 3 heterocycles. The van der Waals surface area contributed by atoms with Crippen LogP contribution in [0.25, 0.3) is 11.1 Å². The minimum atomic E-state index is -0.279. The van der Waals surface area contributed by atoms with E-state index in [1.807, 2.05) is 0 Å². The first-order chi connectivity index (χ1) is 17.6. The highest BCUT2D eigenvalue weighted by Gasteiger charge is 2.20. The fraction of sp³-hybridized carbons (Fsp3) is 0.321. The maximum Gasteiger partial charge on any atom is 0.287 e. The molecule has 36 heavy (non-hydrogen) atoms. The number of hydrogen-bond donors (Lipinski definition) is 1. The number of aromatic nitrogens is 3. The highest BCUT2D eigenvalue weighted by Crippen LogP contribution is 2.24. The average molecular weight is 486 g/mol. The SMILES string of the molecule is COCc1ccc(C(=O)NCc2nnc3n2CCN(Cc2cccc(-c4ccccc4C)c2)CC3)o1. The second kappa shape index (κ2) is 10.9. The summed E-state index contributed by atoms with van der Waals surface area (Å²) >= 11 is 0. The van der Waals surface area contributed by atoms with Crippen LogP contribution >= 0.6 is 0 Å². The molecule has 0 bridgehead atoms. The summed E-state index contributed by atoms with van der Waals surface area (Å²) in [4.78, 5) is 14.9. The first-order valence-corrected chi connectivity index (χ1v) is 12.2. The molecule has 0 saturated heterocycles. The molecule has 4 aromatic rings. The summed E-state index contributed by atoms with van der Waals surface area (Å²) in [6.45, 7) is 6.24. The molecule has 2 aromatic carbocycles. The molecular weight excluding hydrogens is 454 g/mol. The predicted molar refractivity (Wildman–Crippen MR) is 136 cm³/mol. The van der Waals surface area contributed by atoms with Crippen LogP contribution in [0.15, 0.2) is 65.1 Å². The molecule has 0 saturated carbocycles. The molecule has 5 rings (SSSR count). The van der Waals surface area contributed by atoms with Crippen molar-refractivity contribution in [2.75, 3.05) is 20.2 Å². The van der Waals surface area contributed by atoms with Crippen LogP contribution in [0.5, 0.6) is 0 Å². The van der Waals surface area contributed by atoms with E-state index in [0.717, 1.165) is 44.2 Å². The number of hydrogen-bond acceptors (Lipinski definition) is 6. The summed E-state index contributed by atoms with van der Waals surface area (Å²) in [6.07, 6.45) is 0.816. The van der Waals surface area contributed by atoms with Crippen LogP contribution in [0.4, 0.5) is 0 Å². The molecule has 2 aromatic heterocycles. The summed E-state index contributed by atoms with van der Waals surface area (Å²) in [6, 6.07) is 20.7. The molecule has 1 N–H and O–H groups in total. The number of carbonyl (C=O) groups is 1. The van der Waals surface area contributed by atoms with E-state index in [0.29, 0.717) is 18.9 Å². The fourth-order valence-corrected chi connectivity index (χ4v) is 4.67. The van der Waals surface area contributed by atoms with Gasteiger partial charge in [0.2, 0.25) is 0 Å². The normalized spacial score (nSPS) is 13.8. The van der Waals surface area contributed by atoms with E-state index in [-0.39, 0.29) is 11.7 Å². The van der Waals surface area contributed by atoms with Gasteiger partial charge in [-0.15, -0.1) is 10.2 Å². The van der Waals surface area contributed by atoms with Gasteiger partial charge in [0.25, 0.3) is 5.91 Å². The number of benzene rings is 2. The quantitative estimate of drug-likeness (QED) is 0.406. The molecule has 1 aliphatic heterocycles. The Morgan fingerprint density at radius 1 is 1.06 bits per heavy atom. The second-order valence-corrected chi connectivity index (χ2v) is 9.11. The highest BCUT2D eigenvalue weighted by atomic mass is 16.5. The van der Waals surface area contributed by atoms with Crippen molar-refractivity contribution in [3.63, 3.8) is 0 Å². The van der Waals surface area contributed by atoms with Gasteiger partial charge in [0, 0.05) is 39.7 Å². The standard InChI is InChI=1S/C28H31N5O3/c1-20-6-3-4-9-24(20)22-8-5-7-21(16-22)18-32-13-12-26-30-31-27(33(26)15-14-32)17-29-28(34)25-11-10-23(36-25)19-35-2/h3-11,16H,12-15,17-19H2,1-2H3,(H,29,34). The van der Waals surface area contributed by atoms with Gasteiger partial charge in [-0.2, -0.15) is 0 Å². The molecule has 0 unspecified atom stereocenters. The van der Waals surface area contributed by atoms with Crippen LogP contribution in [0.1, 0.15) is 39.1 Å².